The lowest BCUT2D eigenvalue weighted by Gasteiger charge is -2.55. The Kier molecular flexibility index (Phi) is 4.83. The summed E-state index contributed by atoms with van der Waals surface area (Å²) in [4.78, 5) is 12.4. The van der Waals surface area contributed by atoms with Gasteiger partial charge in [-0.3, -0.25) is 4.79 Å². The third kappa shape index (κ3) is 3.00. The normalized spacial score (nSPS) is 38.8. The highest BCUT2D eigenvalue weighted by atomic mass is 16.3. The minimum Gasteiger partial charge on any atom is -0.377 e. The van der Waals surface area contributed by atoms with Crippen molar-refractivity contribution in [2.24, 2.45) is 22.7 Å². The van der Waals surface area contributed by atoms with Crippen LogP contribution in [0.3, 0.4) is 0 Å². The van der Waals surface area contributed by atoms with Crippen LogP contribution in [0.5, 0.6) is 0 Å². The Labute approximate surface area is 186 Å². The Morgan fingerprint density at radius 3 is 2.65 bits per heavy atom. The third-order valence-corrected chi connectivity index (χ3v) is 9.20. The molecule has 31 heavy (non-hydrogen) atoms. The zero-order valence-corrected chi connectivity index (χ0v) is 19.1. The van der Waals surface area contributed by atoms with Crippen molar-refractivity contribution < 1.29 is 9.90 Å². The van der Waals surface area contributed by atoms with Crippen molar-refractivity contribution in [3.05, 3.63) is 58.7 Å². The lowest BCUT2D eigenvalue weighted by Crippen LogP contribution is -2.51. The summed E-state index contributed by atoms with van der Waals surface area (Å²) in [5.74, 6) is 7.45. The zero-order chi connectivity index (χ0) is 21.9. The second kappa shape index (κ2) is 7.21. The molecule has 0 spiro atoms. The van der Waals surface area contributed by atoms with Crippen molar-refractivity contribution in [1.29, 1.82) is 0 Å². The van der Waals surface area contributed by atoms with Gasteiger partial charge in [0.15, 0.2) is 5.78 Å². The van der Waals surface area contributed by atoms with Crippen molar-refractivity contribution in [2.45, 2.75) is 77.7 Å². The Balaban J connectivity index is 1.60. The maximum Gasteiger partial charge on any atom is 0.155 e. The number of hydrogen-bond donors (Lipinski definition) is 1. The minimum atomic E-state index is -0.878. The molecule has 2 heteroatoms. The van der Waals surface area contributed by atoms with Gasteiger partial charge in [-0.2, -0.15) is 0 Å². The first kappa shape index (κ1) is 20.8. The number of fused-ring (bicyclic) bond motifs is 5. The summed E-state index contributed by atoms with van der Waals surface area (Å²) in [7, 11) is 0. The quantitative estimate of drug-likeness (QED) is 0.496. The summed E-state index contributed by atoms with van der Waals surface area (Å²) < 4.78 is 0. The van der Waals surface area contributed by atoms with E-state index >= 15 is 0 Å². The van der Waals surface area contributed by atoms with Crippen LogP contribution in [-0.2, 0) is 11.2 Å². The van der Waals surface area contributed by atoms with Gasteiger partial charge in [0, 0.05) is 17.3 Å². The van der Waals surface area contributed by atoms with Crippen molar-refractivity contribution in [3.63, 3.8) is 0 Å². The van der Waals surface area contributed by atoms with Gasteiger partial charge >= 0.3 is 0 Å². The second-order valence-electron chi connectivity index (χ2n) is 10.7. The molecule has 2 saturated carbocycles. The number of carbonyl (C=O) groups is 1. The van der Waals surface area contributed by atoms with Crippen LogP contribution >= 0.6 is 0 Å². The van der Waals surface area contributed by atoms with E-state index in [0.717, 1.165) is 44.9 Å². The first-order valence-corrected chi connectivity index (χ1v) is 12.0. The van der Waals surface area contributed by atoms with E-state index in [4.69, 9.17) is 0 Å². The number of aliphatic hydroxyl groups is 1. The van der Waals surface area contributed by atoms with Crippen LogP contribution in [0, 0.1) is 41.4 Å². The van der Waals surface area contributed by atoms with Crippen molar-refractivity contribution in [3.8, 4) is 11.8 Å². The highest BCUT2D eigenvalue weighted by molar-refractivity contribution is 5.92. The molecule has 0 amide bonds. The highest BCUT2D eigenvalue weighted by Crippen LogP contribution is 2.66. The van der Waals surface area contributed by atoms with Crippen molar-refractivity contribution in [2.75, 3.05) is 0 Å². The van der Waals surface area contributed by atoms with E-state index in [-0.39, 0.29) is 10.8 Å². The molecule has 2 fully saturated rings. The summed E-state index contributed by atoms with van der Waals surface area (Å²) in [5.41, 5.74) is 4.49. The maximum absolute atomic E-state index is 12.4. The first-order valence-electron chi connectivity index (χ1n) is 12.0. The lowest BCUT2D eigenvalue weighted by atomic mass is 9.49. The second-order valence-corrected chi connectivity index (χ2v) is 10.7. The standard InChI is InChI=1S/C29H34O2/c1-4-14-29(31)17-13-25-24-10-9-22-18-23(30)11-16-28(22,26(24)12-15-27(25,29)3)19-21-7-5-20(2)6-8-21/h5-8,12,18,24-25,31H,9-11,13,15-17,19H2,1-3H3/t24?,25?,27-,28?,29-/m0/s1. The first-order chi connectivity index (χ1) is 14.8. The van der Waals surface area contributed by atoms with Crippen LogP contribution in [0.4, 0.5) is 0 Å². The molecule has 5 rings (SSSR count). The van der Waals surface area contributed by atoms with E-state index in [1.54, 1.807) is 5.57 Å². The molecule has 2 nitrogen and oxygen atoms in total. The zero-order valence-electron chi connectivity index (χ0n) is 19.1. The molecule has 0 heterocycles. The van der Waals surface area contributed by atoms with E-state index in [1.165, 1.54) is 16.7 Å². The topological polar surface area (TPSA) is 37.3 Å². The van der Waals surface area contributed by atoms with Gasteiger partial charge in [0.05, 0.1) is 0 Å². The van der Waals surface area contributed by atoms with Gasteiger partial charge < -0.3 is 5.11 Å². The molecule has 4 aliphatic carbocycles. The number of hydrogen-bond acceptors (Lipinski definition) is 2. The summed E-state index contributed by atoms with van der Waals surface area (Å²) in [5, 5.41) is 11.5. The molecule has 162 valence electrons. The van der Waals surface area contributed by atoms with Crippen LogP contribution in [-0.4, -0.2) is 16.5 Å². The Hall–Kier alpha value is -2.11. The molecule has 0 aliphatic heterocycles. The molecular formula is C29H34O2. The fraction of sp³-hybridized carbons (Fsp3) is 0.552. The highest BCUT2D eigenvalue weighted by Gasteiger charge is 2.62. The lowest BCUT2D eigenvalue weighted by molar-refractivity contribution is -0.115. The van der Waals surface area contributed by atoms with E-state index in [9.17, 15) is 9.90 Å². The fourth-order valence-electron chi connectivity index (χ4n) is 7.46. The van der Waals surface area contributed by atoms with E-state index < -0.39 is 5.60 Å². The molecule has 0 saturated heterocycles. The van der Waals surface area contributed by atoms with Gasteiger partial charge in [0.25, 0.3) is 0 Å². The Morgan fingerprint density at radius 1 is 1.13 bits per heavy atom. The predicted molar refractivity (Wildman–Crippen MR) is 124 cm³/mol. The van der Waals surface area contributed by atoms with Gasteiger partial charge in [-0.05, 0) is 82.3 Å². The molecule has 0 aromatic heterocycles. The van der Waals surface area contributed by atoms with Crippen LogP contribution in [0.2, 0.25) is 0 Å². The molecule has 5 atom stereocenters. The Bertz CT molecular complexity index is 1030. The number of carbonyl (C=O) groups excluding carboxylic acids is 1. The van der Waals surface area contributed by atoms with E-state index in [2.05, 4.69) is 56.0 Å². The monoisotopic (exact) mass is 414 g/mol. The molecule has 0 bridgehead atoms. The van der Waals surface area contributed by atoms with E-state index in [1.807, 2.05) is 13.0 Å². The molecule has 1 aromatic rings. The molecular weight excluding hydrogens is 380 g/mol. The van der Waals surface area contributed by atoms with E-state index in [0.29, 0.717) is 24.0 Å². The van der Waals surface area contributed by atoms with Crippen LogP contribution in [0.1, 0.15) is 69.9 Å². The number of benzene rings is 1. The summed E-state index contributed by atoms with van der Waals surface area (Å²) >= 11 is 0. The predicted octanol–water partition coefficient (Wildman–Crippen LogP) is 5.72. The molecule has 1 aromatic carbocycles. The van der Waals surface area contributed by atoms with Gasteiger partial charge in [-0.1, -0.05) is 59.9 Å². The van der Waals surface area contributed by atoms with Gasteiger partial charge in [-0.15, -0.1) is 5.92 Å². The van der Waals surface area contributed by atoms with Gasteiger partial charge in [0.1, 0.15) is 5.60 Å². The number of ketones is 1. The summed E-state index contributed by atoms with van der Waals surface area (Å²) in [6.45, 7) is 6.24. The molecule has 0 radical (unpaired) electrons. The van der Waals surface area contributed by atoms with Crippen LogP contribution < -0.4 is 0 Å². The number of allylic oxidation sites excluding steroid dienone is 4. The van der Waals surface area contributed by atoms with Crippen LogP contribution in [0.15, 0.2) is 47.6 Å². The maximum atomic E-state index is 12.4. The third-order valence-electron chi connectivity index (χ3n) is 9.20. The van der Waals surface area contributed by atoms with Crippen LogP contribution in [0.25, 0.3) is 0 Å². The van der Waals surface area contributed by atoms with Gasteiger partial charge in [-0.25, -0.2) is 0 Å². The Morgan fingerprint density at radius 2 is 1.90 bits per heavy atom. The average molecular weight is 415 g/mol. The number of rotatable bonds is 2. The smallest absolute Gasteiger partial charge is 0.155 e. The molecule has 3 unspecified atom stereocenters. The number of aryl methyl sites for hydroxylation is 1. The van der Waals surface area contributed by atoms with Crippen molar-refractivity contribution >= 4 is 5.78 Å². The minimum absolute atomic E-state index is 0.0233. The fourth-order valence-corrected chi connectivity index (χ4v) is 7.46. The SMILES string of the molecule is CC#C[C@]1(O)CCC2C3CCC4=CC(=O)CCC4(Cc4ccc(C)cc4)C3=CC[C@@]21C. The molecule has 1 N–H and O–H groups in total. The molecule has 4 aliphatic rings. The van der Waals surface area contributed by atoms with Crippen molar-refractivity contribution in [1.82, 2.24) is 0 Å². The summed E-state index contributed by atoms with van der Waals surface area (Å²) in [6, 6.07) is 8.94. The summed E-state index contributed by atoms with van der Waals surface area (Å²) in [6.07, 6.45) is 11.8. The largest absolute Gasteiger partial charge is 0.377 e. The average Bonchev–Trinajstić information content (AvgIpc) is 3.01. The van der Waals surface area contributed by atoms with Gasteiger partial charge in [0.2, 0.25) is 0 Å².